The molecule has 3 aromatic rings. The number of carbonyl (C=O) groups excluding carboxylic acids is 1. The third-order valence-corrected chi connectivity index (χ3v) is 3.72. The fourth-order valence-electron chi connectivity index (χ4n) is 2.23. The van der Waals surface area contributed by atoms with Crippen molar-refractivity contribution >= 4 is 5.78 Å². The molecule has 0 aromatic heterocycles. The number of hydrogen-bond donors (Lipinski definition) is 0. The molecule has 0 heterocycles. The maximum Gasteiger partial charge on any atom is 0.162 e. The summed E-state index contributed by atoms with van der Waals surface area (Å²) in [4.78, 5) is 11.0. The Morgan fingerprint density at radius 2 is 1.03 bits per heavy atom. The van der Waals surface area contributed by atoms with E-state index in [-0.39, 0.29) is 126 Å². The molecule has 3 rings (SSSR count). The van der Waals surface area contributed by atoms with Crippen LogP contribution in [0.4, 0.5) is 0 Å². The van der Waals surface area contributed by atoms with E-state index in [1.165, 1.54) is 5.56 Å². The second-order valence-electron chi connectivity index (χ2n) is 5.73. The van der Waals surface area contributed by atoms with Crippen LogP contribution in [0.5, 0.6) is 5.75 Å². The van der Waals surface area contributed by atoms with Crippen molar-refractivity contribution < 1.29 is 108 Å². The van der Waals surface area contributed by atoms with Crippen molar-refractivity contribution in [2.45, 2.75) is 33.6 Å². The third kappa shape index (κ3) is 23.9. The molecule has 0 N–H and O–H groups in total. The summed E-state index contributed by atoms with van der Waals surface area (Å²) in [6.45, 7) is 6.75. The summed E-state index contributed by atoms with van der Waals surface area (Å²) in [7, 11) is 0. The van der Waals surface area contributed by atoms with Gasteiger partial charge in [0.05, 0.1) is 6.61 Å². The Kier molecular flexibility index (Phi) is 45.9. The van der Waals surface area contributed by atoms with Gasteiger partial charge in [-0.15, -0.1) is 0 Å². The van der Waals surface area contributed by atoms with Crippen LogP contribution in [0.1, 0.15) is 43.1 Å². The van der Waals surface area contributed by atoms with E-state index >= 15 is 0 Å². The number of hydrogen-bond acceptors (Lipinski definition) is 2. The monoisotopic (exact) mass is 674 g/mol. The van der Waals surface area contributed by atoms with Gasteiger partial charge >= 0.3 is 0 Å². The Labute approximate surface area is 280 Å². The van der Waals surface area contributed by atoms with Crippen LogP contribution in [0.25, 0.3) is 0 Å². The maximum atomic E-state index is 11.0. The van der Waals surface area contributed by atoms with E-state index < -0.39 is 0 Å². The number of para-hydroxylation sites is 1. The standard InChI is InChI=1S/C9H10O.C8H10O.C8H10.3CH3.3Y/c1-2-9(10)8-6-4-3-5-7-8;1-2-9-8-6-4-3-5-7-8;1-2-8-6-4-3-5-7-8;;;;;;/h3-7H,2H2,1H3;3-7H,2H2,1H3;3-7H,2H2,1H3;3*1H3;;;/q;;;3*-1;;;. The van der Waals surface area contributed by atoms with Gasteiger partial charge in [0.2, 0.25) is 0 Å². The molecule has 0 saturated heterocycles. The summed E-state index contributed by atoms with van der Waals surface area (Å²) in [5, 5.41) is 0. The topological polar surface area (TPSA) is 26.3 Å². The van der Waals surface area contributed by atoms with Gasteiger partial charge in [-0.2, -0.15) is 0 Å². The molecular formula is C28H39O2Y3-3. The molecule has 0 unspecified atom stereocenters. The first kappa shape index (κ1) is 46.7. The predicted octanol–water partition coefficient (Wildman–Crippen LogP) is 7.96. The van der Waals surface area contributed by atoms with Crippen LogP contribution in [0.15, 0.2) is 91.0 Å². The second kappa shape index (κ2) is 32.4. The van der Waals surface area contributed by atoms with E-state index in [0.29, 0.717) is 6.42 Å². The molecule has 0 aliphatic rings. The van der Waals surface area contributed by atoms with Crippen LogP contribution in [-0.4, -0.2) is 12.4 Å². The number of rotatable bonds is 5. The third-order valence-electron chi connectivity index (χ3n) is 3.72. The number of aryl methyl sites for hydroxylation is 1. The Morgan fingerprint density at radius 3 is 1.36 bits per heavy atom. The number of benzene rings is 3. The van der Waals surface area contributed by atoms with Crippen molar-refractivity contribution in [1.82, 2.24) is 0 Å². The first-order chi connectivity index (χ1) is 13.2. The molecule has 33 heavy (non-hydrogen) atoms. The minimum absolute atomic E-state index is 0. The normalized spacial score (nSPS) is 7.48. The van der Waals surface area contributed by atoms with Crippen molar-refractivity contribution in [2.75, 3.05) is 6.61 Å². The average molecular weight is 674 g/mol. The Hall–Kier alpha value is 0.442. The van der Waals surface area contributed by atoms with Gasteiger partial charge in [-0.1, -0.05) is 92.7 Å². The molecule has 0 amide bonds. The number of Topliss-reactive ketones (excluding diaryl/α,β-unsaturated/α-hetero) is 1. The number of carbonyl (C=O) groups is 1. The van der Waals surface area contributed by atoms with Crippen molar-refractivity contribution in [1.29, 1.82) is 0 Å². The molecule has 2 nitrogen and oxygen atoms in total. The van der Waals surface area contributed by atoms with E-state index in [1.54, 1.807) is 0 Å². The summed E-state index contributed by atoms with van der Waals surface area (Å²) in [5.74, 6) is 1.15. The van der Waals surface area contributed by atoms with Gasteiger partial charge in [0.1, 0.15) is 5.75 Å². The van der Waals surface area contributed by atoms with E-state index in [0.717, 1.165) is 24.3 Å². The van der Waals surface area contributed by atoms with Crippen LogP contribution < -0.4 is 4.74 Å². The quantitative estimate of drug-likeness (QED) is 0.203. The Bertz CT molecular complexity index is 737. The van der Waals surface area contributed by atoms with Crippen LogP contribution in [-0.2, 0) is 105 Å². The second-order valence-corrected chi connectivity index (χ2v) is 5.73. The summed E-state index contributed by atoms with van der Waals surface area (Å²) in [6.07, 6.45) is 1.73. The van der Waals surface area contributed by atoms with Gasteiger partial charge in [-0.05, 0) is 31.0 Å². The van der Waals surface area contributed by atoms with E-state index in [9.17, 15) is 4.79 Å². The zero-order valence-electron chi connectivity index (χ0n) is 21.3. The smallest absolute Gasteiger partial charge is 0.162 e. The van der Waals surface area contributed by atoms with Gasteiger partial charge in [0.25, 0.3) is 0 Å². The molecule has 5 heteroatoms. The predicted molar refractivity (Wildman–Crippen MR) is 134 cm³/mol. The fraction of sp³-hybridized carbons (Fsp3) is 0.214. The first-order valence-electron chi connectivity index (χ1n) is 9.51. The minimum atomic E-state index is 0. The van der Waals surface area contributed by atoms with E-state index in [4.69, 9.17) is 4.74 Å². The molecular weight excluding hydrogens is 635 g/mol. The van der Waals surface area contributed by atoms with E-state index in [1.807, 2.05) is 80.6 Å². The van der Waals surface area contributed by atoms with Gasteiger partial charge < -0.3 is 27.0 Å². The van der Waals surface area contributed by atoms with Crippen LogP contribution >= 0.6 is 0 Å². The van der Waals surface area contributed by atoms with Gasteiger partial charge in [0, 0.05) is 110 Å². The zero-order chi connectivity index (χ0) is 19.7. The summed E-state index contributed by atoms with van der Waals surface area (Å²) in [6, 6.07) is 29.6. The summed E-state index contributed by atoms with van der Waals surface area (Å²) < 4.78 is 5.21. The first-order valence-corrected chi connectivity index (χ1v) is 9.51. The van der Waals surface area contributed by atoms with Crippen molar-refractivity contribution in [3.63, 3.8) is 0 Å². The van der Waals surface area contributed by atoms with Crippen molar-refractivity contribution in [3.8, 4) is 5.75 Å². The van der Waals surface area contributed by atoms with Crippen LogP contribution in [0.3, 0.4) is 0 Å². The summed E-state index contributed by atoms with van der Waals surface area (Å²) >= 11 is 0. The summed E-state index contributed by atoms with van der Waals surface area (Å²) in [5.41, 5.74) is 2.22. The molecule has 3 aromatic carbocycles. The minimum Gasteiger partial charge on any atom is -0.494 e. The zero-order valence-corrected chi connectivity index (χ0v) is 29.8. The fourth-order valence-corrected chi connectivity index (χ4v) is 2.23. The Balaban J connectivity index is -0.0000000763. The SMILES string of the molecule is CCC(=O)c1ccccc1.CCOc1ccccc1.CCc1ccccc1.[CH3-].[CH3-].[CH3-].[Y].[Y].[Y]. The largest absolute Gasteiger partial charge is 0.494 e. The molecule has 175 valence electrons. The maximum absolute atomic E-state index is 11.0. The molecule has 0 saturated carbocycles. The van der Waals surface area contributed by atoms with Crippen LogP contribution in [0, 0.1) is 22.3 Å². The molecule has 0 atom stereocenters. The Morgan fingerprint density at radius 1 is 0.636 bits per heavy atom. The molecule has 0 bridgehead atoms. The van der Waals surface area contributed by atoms with Crippen molar-refractivity contribution in [3.05, 3.63) is 124 Å². The van der Waals surface area contributed by atoms with Gasteiger partial charge in [-0.25, -0.2) is 0 Å². The van der Waals surface area contributed by atoms with Crippen LogP contribution in [0.2, 0.25) is 0 Å². The van der Waals surface area contributed by atoms with Gasteiger partial charge in [0.15, 0.2) is 5.78 Å². The van der Waals surface area contributed by atoms with Gasteiger partial charge in [-0.3, -0.25) is 4.79 Å². The molecule has 0 aliphatic heterocycles. The average Bonchev–Trinajstić information content (AvgIpc) is 2.76. The molecule has 0 spiro atoms. The van der Waals surface area contributed by atoms with E-state index in [2.05, 4.69) is 31.2 Å². The number of ether oxygens (including phenoxy) is 1. The van der Waals surface area contributed by atoms with Crippen molar-refractivity contribution in [2.24, 2.45) is 0 Å². The molecule has 0 fully saturated rings. The molecule has 0 aliphatic carbocycles. The number of ketones is 1. The molecule has 3 radical (unpaired) electrons.